The Labute approximate surface area is 232 Å². The lowest BCUT2D eigenvalue weighted by atomic mass is 9.61. The number of hydrogen-bond donors (Lipinski definition) is 0. The standard InChI is InChI=1S/C36H36N2O/c1-34(2,3)25-17-14-23(15-18-25)24-16-19-27-31(22-24)39-30-13-9-12-29-33(30)37(27)28-11-8-10-26-32(28)38(29)36(5)21-7-6-20-35(26,36)4/h8-19,22H,6-7,20-21H2,1-5H3. The van der Waals surface area contributed by atoms with E-state index in [2.05, 4.69) is 123 Å². The summed E-state index contributed by atoms with van der Waals surface area (Å²) < 4.78 is 6.72. The summed E-state index contributed by atoms with van der Waals surface area (Å²) in [6.07, 6.45) is 5.02. The average Bonchev–Trinajstić information content (AvgIpc) is 3.15. The fraction of sp³-hybridized carbons (Fsp3) is 0.333. The highest BCUT2D eigenvalue weighted by atomic mass is 16.5. The van der Waals surface area contributed by atoms with Gasteiger partial charge in [0.2, 0.25) is 0 Å². The summed E-state index contributed by atoms with van der Waals surface area (Å²) in [4.78, 5) is 5.15. The van der Waals surface area contributed by atoms with Gasteiger partial charge in [0.05, 0.1) is 28.3 Å². The summed E-state index contributed by atoms with van der Waals surface area (Å²) in [5, 5.41) is 0. The van der Waals surface area contributed by atoms with Crippen molar-refractivity contribution in [3.63, 3.8) is 0 Å². The normalized spacial score (nSPS) is 23.9. The molecule has 3 aliphatic heterocycles. The van der Waals surface area contributed by atoms with Crippen molar-refractivity contribution in [3.8, 4) is 22.6 Å². The maximum absolute atomic E-state index is 6.72. The van der Waals surface area contributed by atoms with Gasteiger partial charge in [-0.1, -0.05) is 89.1 Å². The van der Waals surface area contributed by atoms with Crippen LogP contribution in [0.25, 0.3) is 11.1 Å². The van der Waals surface area contributed by atoms with Crippen LogP contribution in [-0.4, -0.2) is 5.54 Å². The predicted molar refractivity (Wildman–Crippen MR) is 162 cm³/mol. The van der Waals surface area contributed by atoms with Gasteiger partial charge in [-0.15, -0.1) is 0 Å². The fourth-order valence-electron chi connectivity index (χ4n) is 7.91. The molecular formula is C36H36N2O. The van der Waals surface area contributed by atoms with E-state index in [0.717, 1.165) is 17.2 Å². The van der Waals surface area contributed by atoms with Gasteiger partial charge in [0, 0.05) is 5.41 Å². The first-order valence-electron chi connectivity index (χ1n) is 14.5. The van der Waals surface area contributed by atoms with Gasteiger partial charge in [-0.3, -0.25) is 4.90 Å². The summed E-state index contributed by atoms with van der Waals surface area (Å²) >= 11 is 0. The number of para-hydroxylation sites is 2. The van der Waals surface area contributed by atoms with Crippen molar-refractivity contribution in [3.05, 3.63) is 90.0 Å². The minimum Gasteiger partial charge on any atom is -0.453 e. The van der Waals surface area contributed by atoms with Gasteiger partial charge in [-0.2, -0.15) is 0 Å². The maximum Gasteiger partial charge on any atom is 0.153 e. The van der Waals surface area contributed by atoms with E-state index in [1.54, 1.807) is 0 Å². The summed E-state index contributed by atoms with van der Waals surface area (Å²) in [5.74, 6) is 1.85. The van der Waals surface area contributed by atoms with Gasteiger partial charge < -0.3 is 9.64 Å². The van der Waals surface area contributed by atoms with E-state index in [-0.39, 0.29) is 16.4 Å². The monoisotopic (exact) mass is 512 g/mol. The minimum absolute atomic E-state index is 0.0499. The van der Waals surface area contributed by atoms with Crippen LogP contribution >= 0.6 is 0 Å². The molecule has 2 atom stereocenters. The van der Waals surface area contributed by atoms with Crippen LogP contribution in [-0.2, 0) is 10.8 Å². The Bertz CT molecular complexity index is 1660. The summed E-state index contributed by atoms with van der Waals surface area (Å²) in [6.45, 7) is 11.8. The van der Waals surface area contributed by atoms with Gasteiger partial charge in [0.15, 0.2) is 11.5 Å². The van der Waals surface area contributed by atoms with Crippen molar-refractivity contribution in [2.24, 2.45) is 0 Å². The molecule has 4 aromatic rings. The highest BCUT2D eigenvalue weighted by Gasteiger charge is 2.60. The Morgan fingerprint density at radius 2 is 1.41 bits per heavy atom. The Morgan fingerprint density at radius 1 is 0.692 bits per heavy atom. The zero-order valence-corrected chi connectivity index (χ0v) is 23.6. The fourth-order valence-corrected chi connectivity index (χ4v) is 7.91. The molecule has 196 valence electrons. The van der Waals surface area contributed by atoms with Crippen molar-refractivity contribution in [2.45, 2.75) is 76.7 Å². The summed E-state index contributed by atoms with van der Waals surface area (Å²) in [5.41, 5.74) is 11.8. The molecule has 0 aromatic heterocycles. The van der Waals surface area contributed by atoms with E-state index in [1.807, 2.05) is 0 Å². The molecule has 1 aliphatic carbocycles. The van der Waals surface area contributed by atoms with Gasteiger partial charge in [0.25, 0.3) is 0 Å². The summed E-state index contributed by atoms with van der Waals surface area (Å²) in [7, 11) is 0. The zero-order chi connectivity index (χ0) is 26.7. The SMILES string of the molecule is CC(C)(C)c1ccc(-c2ccc3c(c2)Oc2cccc4c2N3c2cccc3c2N4C2(C)CCCCC32C)cc1. The van der Waals surface area contributed by atoms with Crippen molar-refractivity contribution >= 4 is 28.4 Å². The molecular weight excluding hydrogens is 476 g/mol. The van der Waals surface area contributed by atoms with Crippen LogP contribution in [0.5, 0.6) is 11.5 Å². The second-order valence-electron chi connectivity index (χ2n) is 13.4. The first-order chi connectivity index (χ1) is 18.7. The van der Waals surface area contributed by atoms with Crippen molar-refractivity contribution in [2.75, 3.05) is 9.80 Å². The third-order valence-electron chi connectivity index (χ3n) is 10.3. The van der Waals surface area contributed by atoms with Crippen LogP contribution in [0.2, 0.25) is 0 Å². The molecule has 2 unspecified atom stereocenters. The highest BCUT2D eigenvalue weighted by Crippen LogP contribution is 2.69. The Balaban J connectivity index is 1.31. The molecule has 0 spiro atoms. The predicted octanol–water partition coefficient (Wildman–Crippen LogP) is 10.3. The molecule has 0 radical (unpaired) electrons. The minimum atomic E-state index is 0.0499. The van der Waals surface area contributed by atoms with Crippen LogP contribution in [0.3, 0.4) is 0 Å². The van der Waals surface area contributed by atoms with Crippen molar-refractivity contribution in [1.82, 2.24) is 0 Å². The van der Waals surface area contributed by atoms with Gasteiger partial charge in [-0.05, 0) is 77.8 Å². The lowest BCUT2D eigenvalue weighted by Crippen LogP contribution is -2.55. The van der Waals surface area contributed by atoms with E-state index in [9.17, 15) is 0 Å². The molecule has 3 nitrogen and oxygen atoms in total. The Morgan fingerprint density at radius 3 is 2.21 bits per heavy atom. The summed E-state index contributed by atoms with van der Waals surface area (Å²) in [6, 6.07) is 29.3. The second-order valence-corrected chi connectivity index (χ2v) is 13.4. The van der Waals surface area contributed by atoms with E-state index in [1.165, 1.54) is 70.7 Å². The van der Waals surface area contributed by atoms with Gasteiger partial charge in [0.1, 0.15) is 5.69 Å². The van der Waals surface area contributed by atoms with Crippen LogP contribution in [0.1, 0.15) is 71.4 Å². The van der Waals surface area contributed by atoms with Gasteiger partial charge in [-0.25, -0.2) is 0 Å². The third-order valence-corrected chi connectivity index (χ3v) is 10.3. The van der Waals surface area contributed by atoms with Crippen LogP contribution in [0.15, 0.2) is 78.9 Å². The van der Waals surface area contributed by atoms with E-state index in [4.69, 9.17) is 4.74 Å². The van der Waals surface area contributed by atoms with Gasteiger partial charge >= 0.3 is 0 Å². The Hall–Kier alpha value is -3.72. The zero-order valence-electron chi connectivity index (χ0n) is 23.6. The topological polar surface area (TPSA) is 15.7 Å². The van der Waals surface area contributed by atoms with E-state index in [0.29, 0.717) is 0 Å². The molecule has 1 saturated carbocycles. The van der Waals surface area contributed by atoms with Crippen molar-refractivity contribution in [1.29, 1.82) is 0 Å². The van der Waals surface area contributed by atoms with E-state index >= 15 is 0 Å². The second kappa shape index (κ2) is 7.47. The molecule has 0 N–H and O–H groups in total. The molecule has 3 heteroatoms. The number of anilines is 5. The molecule has 4 aromatic carbocycles. The number of fused-ring (bicyclic) bond motifs is 7. The van der Waals surface area contributed by atoms with Crippen LogP contribution in [0, 0.1) is 0 Å². The molecule has 0 amide bonds. The van der Waals surface area contributed by atoms with Crippen LogP contribution in [0.4, 0.5) is 28.4 Å². The number of hydrogen-bond acceptors (Lipinski definition) is 3. The van der Waals surface area contributed by atoms with E-state index < -0.39 is 0 Å². The van der Waals surface area contributed by atoms with Crippen LogP contribution < -0.4 is 14.5 Å². The molecule has 0 bridgehead atoms. The largest absolute Gasteiger partial charge is 0.453 e. The first kappa shape index (κ1) is 23.2. The number of rotatable bonds is 1. The molecule has 1 fully saturated rings. The number of ether oxygens (including phenoxy) is 1. The smallest absolute Gasteiger partial charge is 0.153 e. The molecule has 3 heterocycles. The van der Waals surface area contributed by atoms with Crippen molar-refractivity contribution < 1.29 is 4.74 Å². The molecule has 8 rings (SSSR count). The average molecular weight is 513 g/mol. The highest BCUT2D eigenvalue weighted by molar-refractivity contribution is 6.06. The quantitative estimate of drug-likeness (QED) is 0.222. The Kier molecular flexibility index (Phi) is 4.44. The maximum atomic E-state index is 6.72. The third kappa shape index (κ3) is 2.88. The lowest BCUT2D eigenvalue weighted by molar-refractivity contribution is 0.195. The first-order valence-corrected chi connectivity index (χ1v) is 14.5. The molecule has 4 aliphatic rings. The number of nitrogens with zero attached hydrogens (tertiary/aromatic N) is 2. The molecule has 0 saturated heterocycles. The lowest BCUT2D eigenvalue weighted by Gasteiger charge is -2.52. The number of benzene rings is 4. The molecule has 39 heavy (non-hydrogen) atoms.